The molecule has 0 aliphatic heterocycles. The van der Waals surface area contributed by atoms with Crippen molar-refractivity contribution in [1.29, 1.82) is 5.26 Å². The summed E-state index contributed by atoms with van der Waals surface area (Å²) >= 11 is 0. The number of nitriles is 1. The van der Waals surface area contributed by atoms with Crippen molar-refractivity contribution >= 4 is 0 Å². The van der Waals surface area contributed by atoms with Crippen molar-refractivity contribution in [1.82, 2.24) is 0 Å². The Kier molecular flexibility index (Phi) is 2.70. The van der Waals surface area contributed by atoms with Crippen LogP contribution in [0.4, 0.5) is 0 Å². The second-order valence-corrected chi connectivity index (χ2v) is 2.96. The fourth-order valence-corrected chi connectivity index (χ4v) is 1.66. The summed E-state index contributed by atoms with van der Waals surface area (Å²) in [5, 5.41) is 17.3. The first-order valence-corrected chi connectivity index (χ1v) is 3.89. The minimum Gasteiger partial charge on any atom is -0.395 e. The van der Waals surface area contributed by atoms with Gasteiger partial charge in [-0.15, -0.1) is 0 Å². The second-order valence-electron chi connectivity index (χ2n) is 2.96. The summed E-state index contributed by atoms with van der Waals surface area (Å²) in [4.78, 5) is 0. The maximum atomic E-state index is 8.76. The molecule has 2 nitrogen and oxygen atoms in total. The van der Waals surface area contributed by atoms with Crippen LogP contribution in [0.2, 0.25) is 0 Å². The van der Waals surface area contributed by atoms with Gasteiger partial charge in [-0.25, -0.2) is 0 Å². The molecule has 0 aromatic rings. The molecule has 1 fully saturated rings. The molecule has 1 rings (SSSR count). The van der Waals surface area contributed by atoms with Gasteiger partial charge in [-0.1, -0.05) is 12.8 Å². The molecule has 1 aliphatic carbocycles. The Morgan fingerprint density at radius 3 is 2.50 bits per heavy atom. The van der Waals surface area contributed by atoms with Gasteiger partial charge in [-0.2, -0.15) is 5.26 Å². The highest BCUT2D eigenvalue weighted by molar-refractivity contribution is 4.89. The number of rotatable bonds is 2. The Hall–Kier alpha value is -0.550. The van der Waals surface area contributed by atoms with E-state index in [0.717, 1.165) is 12.8 Å². The van der Waals surface area contributed by atoms with Crippen LogP contribution in [0, 0.1) is 23.2 Å². The van der Waals surface area contributed by atoms with Crippen molar-refractivity contribution in [3.05, 3.63) is 0 Å². The summed E-state index contributed by atoms with van der Waals surface area (Å²) in [6.45, 7) is 0.0428. The zero-order chi connectivity index (χ0) is 7.40. The average molecular weight is 139 g/mol. The van der Waals surface area contributed by atoms with Crippen molar-refractivity contribution in [2.24, 2.45) is 11.8 Å². The molecular formula is C8H13NO. The molecular weight excluding hydrogens is 126 g/mol. The SMILES string of the molecule is N#C[C@H](CO)C1CCCC1. The van der Waals surface area contributed by atoms with Crippen LogP contribution in [0.25, 0.3) is 0 Å². The smallest absolute Gasteiger partial charge is 0.0722 e. The predicted molar refractivity (Wildman–Crippen MR) is 38.1 cm³/mol. The van der Waals surface area contributed by atoms with Gasteiger partial charge in [-0.3, -0.25) is 0 Å². The highest BCUT2D eigenvalue weighted by atomic mass is 16.3. The summed E-state index contributed by atoms with van der Waals surface area (Å²) in [5.74, 6) is 0.387. The monoisotopic (exact) mass is 139 g/mol. The molecule has 0 amide bonds. The Balaban J connectivity index is 2.38. The van der Waals surface area contributed by atoms with Gasteiger partial charge in [0, 0.05) is 0 Å². The molecule has 56 valence electrons. The van der Waals surface area contributed by atoms with Gasteiger partial charge >= 0.3 is 0 Å². The van der Waals surface area contributed by atoms with Crippen LogP contribution in [0.3, 0.4) is 0 Å². The van der Waals surface area contributed by atoms with E-state index in [1.807, 2.05) is 0 Å². The predicted octanol–water partition coefficient (Wildman–Crippen LogP) is 1.31. The van der Waals surface area contributed by atoms with Gasteiger partial charge in [0.05, 0.1) is 18.6 Å². The van der Waals surface area contributed by atoms with E-state index in [2.05, 4.69) is 6.07 Å². The van der Waals surface area contributed by atoms with E-state index in [9.17, 15) is 0 Å². The van der Waals surface area contributed by atoms with Gasteiger partial charge in [-0.05, 0) is 18.8 Å². The third-order valence-corrected chi connectivity index (χ3v) is 2.33. The fourth-order valence-electron chi connectivity index (χ4n) is 1.66. The molecule has 0 bridgehead atoms. The molecule has 10 heavy (non-hydrogen) atoms. The third kappa shape index (κ3) is 1.48. The molecule has 0 aromatic carbocycles. The maximum absolute atomic E-state index is 8.76. The minimum absolute atomic E-state index is 0.0428. The van der Waals surface area contributed by atoms with E-state index < -0.39 is 0 Å². The molecule has 0 heterocycles. The summed E-state index contributed by atoms with van der Waals surface area (Å²) in [6.07, 6.45) is 4.75. The summed E-state index contributed by atoms with van der Waals surface area (Å²) in [7, 11) is 0. The van der Waals surface area contributed by atoms with Crippen LogP contribution in [-0.2, 0) is 0 Å². The quantitative estimate of drug-likeness (QED) is 0.626. The second kappa shape index (κ2) is 3.58. The largest absolute Gasteiger partial charge is 0.395 e. The highest BCUT2D eigenvalue weighted by Crippen LogP contribution is 2.30. The van der Waals surface area contributed by atoms with Gasteiger partial charge in [0.1, 0.15) is 0 Å². The number of hydrogen-bond donors (Lipinski definition) is 1. The maximum Gasteiger partial charge on any atom is 0.0722 e. The average Bonchev–Trinajstić information content (AvgIpc) is 2.43. The summed E-state index contributed by atoms with van der Waals surface area (Å²) in [5.41, 5.74) is 0. The summed E-state index contributed by atoms with van der Waals surface area (Å²) in [6, 6.07) is 2.14. The minimum atomic E-state index is -0.0949. The van der Waals surface area contributed by atoms with Gasteiger partial charge in [0.25, 0.3) is 0 Å². The lowest BCUT2D eigenvalue weighted by Crippen LogP contribution is -2.13. The number of aliphatic hydroxyl groups is 1. The molecule has 1 saturated carbocycles. The number of aliphatic hydroxyl groups excluding tert-OH is 1. The standard InChI is InChI=1S/C8H13NO/c9-5-8(6-10)7-3-1-2-4-7/h7-8,10H,1-4,6H2/t8-/m1/s1. The van der Waals surface area contributed by atoms with E-state index in [4.69, 9.17) is 10.4 Å². The fraction of sp³-hybridized carbons (Fsp3) is 0.875. The Morgan fingerprint density at radius 2 is 2.10 bits per heavy atom. The van der Waals surface area contributed by atoms with E-state index in [1.54, 1.807) is 0 Å². The van der Waals surface area contributed by atoms with Crippen LogP contribution in [0.5, 0.6) is 0 Å². The normalized spacial score (nSPS) is 22.4. The Bertz CT molecular complexity index is 133. The lowest BCUT2D eigenvalue weighted by Gasteiger charge is -2.11. The van der Waals surface area contributed by atoms with Gasteiger partial charge < -0.3 is 5.11 Å². The van der Waals surface area contributed by atoms with Crippen LogP contribution in [-0.4, -0.2) is 11.7 Å². The Labute approximate surface area is 61.5 Å². The zero-order valence-electron chi connectivity index (χ0n) is 6.08. The molecule has 0 spiro atoms. The van der Waals surface area contributed by atoms with Crippen molar-refractivity contribution in [2.45, 2.75) is 25.7 Å². The molecule has 0 saturated heterocycles. The van der Waals surface area contributed by atoms with Crippen molar-refractivity contribution in [2.75, 3.05) is 6.61 Å². The Morgan fingerprint density at radius 1 is 1.50 bits per heavy atom. The van der Waals surface area contributed by atoms with Crippen LogP contribution >= 0.6 is 0 Å². The van der Waals surface area contributed by atoms with Gasteiger partial charge in [0.15, 0.2) is 0 Å². The van der Waals surface area contributed by atoms with E-state index in [1.165, 1.54) is 12.8 Å². The zero-order valence-corrected chi connectivity index (χ0v) is 6.08. The lowest BCUT2D eigenvalue weighted by atomic mass is 9.93. The molecule has 0 aromatic heterocycles. The molecule has 0 radical (unpaired) electrons. The van der Waals surface area contributed by atoms with E-state index in [0.29, 0.717) is 5.92 Å². The van der Waals surface area contributed by atoms with Crippen LogP contribution in [0.15, 0.2) is 0 Å². The topological polar surface area (TPSA) is 44.0 Å². The third-order valence-electron chi connectivity index (χ3n) is 2.33. The van der Waals surface area contributed by atoms with Gasteiger partial charge in [0.2, 0.25) is 0 Å². The molecule has 1 N–H and O–H groups in total. The van der Waals surface area contributed by atoms with Crippen molar-refractivity contribution in [3.8, 4) is 6.07 Å². The molecule has 0 unspecified atom stereocenters. The summed E-state index contributed by atoms with van der Waals surface area (Å²) < 4.78 is 0. The van der Waals surface area contributed by atoms with Crippen molar-refractivity contribution in [3.63, 3.8) is 0 Å². The van der Waals surface area contributed by atoms with Crippen molar-refractivity contribution < 1.29 is 5.11 Å². The first-order valence-electron chi connectivity index (χ1n) is 3.89. The first-order chi connectivity index (χ1) is 4.88. The molecule has 1 aliphatic rings. The van der Waals surface area contributed by atoms with E-state index in [-0.39, 0.29) is 12.5 Å². The molecule has 2 heteroatoms. The van der Waals surface area contributed by atoms with E-state index >= 15 is 0 Å². The molecule has 1 atom stereocenters. The highest BCUT2D eigenvalue weighted by Gasteiger charge is 2.23. The lowest BCUT2D eigenvalue weighted by molar-refractivity contribution is 0.214. The number of nitrogens with zero attached hydrogens (tertiary/aromatic N) is 1. The first kappa shape index (κ1) is 7.56. The number of hydrogen-bond acceptors (Lipinski definition) is 2. The van der Waals surface area contributed by atoms with Crippen LogP contribution in [0.1, 0.15) is 25.7 Å². The van der Waals surface area contributed by atoms with Crippen LogP contribution < -0.4 is 0 Å².